The maximum Gasteiger partial charge on any atom is 0.295 e. The third-order valence-electron chi connectivity index (χ3n) is 6.39. The number of ketones is 1. The van der Waals surface area contributed by atoms with Crippen LogP contribution in [-0.4, -0.2) is 72.6 Å². The zero-order valence-electron chi connectivity index (χ0n) is 20.5. The van der Waals surface area contributed by atoms with Gasteiger partial charge in [-0.3, -0.25) is 9.59 Å². The van der Waals surface area contributed by atoms with Crippen LogP contribution in [0.2, 0.25) is 0 Å². The minimum atomic E-state index is -0.737. The molecule has 0 bridgehead atoms. The molecule has 2 aromatic carbocycles. The van der Waals surface area contributed by atoms with Gasteiger partial charge in [0.2, 0.25) is 0 Å². The number of hydrogen-bond donors (Lipinski definition) is 1. The molecule has 8 nitrogen and oxygen atoms in total. The molecular weight excluding hydrogens is 448 g/mol. The SMILES string of the molecule is CCOc1cccc(C2/C(=C(/O)c3ccc4c(c3)OCCO4)C(=O)C(=O)N2CCN(CC)CC)c1. The highest BCUT2D eigenvalue weighted by Crippen LogP contribution is 2.41. The number of rotatable bonds is 9. The maximum atomic E-state index is 13.3. The van der Waals surface area contributed by atoms with Crippen molar-refractivity contribution in [2.75, 3.05) is 46.0 Å². The number of hydrogen-bond acceptors (Lipinski definition) is 7. The summed E-state index contributed by atoms with van der Waals surface area (Å²) in [5.74, 6) is 0.141. The first-order chi connectivity index (χ1) is 17.0. The third-order valence-corrected chi connectivity index (χ3v) is 6.39. The Morgan fingerprint density at radius 1 is 1.06 bits per heavy atom. The highest BCUT2D eigenvalue weighted by molar-refractivity contribution is 6.46. The first-order valence-electron chi connectivity index (χ1n) is 12.1. The van der Waals surface area contributed by atoms with Crippen molar-refractivity contribution < 1.29 is 28.9 Å². The van der Waals surface area contributed by atoms with E-state index in [2.05, 4.69) is 18.7 Å². The van der Waals surface area contributed by atoms with Crippen LogP contribution in [0.1, 0.15) is 37.9 Å². The number of aliphatic hydroxyl groups is 1. The molecule has 2 aliphatic heterocycles. The van der Waals surface area contributed by atoms with Gasteiger partial charge in [0, 0.05) is 18.7 Å². The van der Waals surface area contributed by atoms with Gasteiger partial charge in [0.25, 0.3) is 11.7 Å². The van der Waals surface area contributed by atoms with Crippen LogP contribution < -0.4 is 14.2 Å². The van der Waals surface area contributed by atoms with Gasteiger partial charge < -0.3 is 29.1 Å². The quantitative estimate of drug-likeness (QED) is 0.333. The Hall–Kier alpha value is -3.52. The predicted molar refractivity (Wildman–Crippen MR) is 132 cm³/mol. The Bertz CT molecular complexity index is 1120. The molecule has 2 aliphatic rings. The van der Waals surface area contributed by atoms with Crippen LogP contribution >= 0.6 is 0 Å². The lowest BCUT2D eigenvalue weighted by Crippen LogP contribution is -2.38. The molecule has 8 heteroatoms. The van der Waals surface area contributed by atoms with Crippen molar-refractivity contribution >= 4 is 17.4 Å². The Morgan fingerprint density at radius 2 is 1.80 bits per heavy atom. The van der Waals surface area contributed by atoms with Crippen molar-refractivity contribution in [3.05, 3.63) is 59.2 Å². The largest absolute Gasteiger partial charge is 0.507 e. The number of likely N-dealkylation sites (N-methyl/N-ethyl adjacent to an activating group) is 1. The molecule has 1 saturated heterocycles. The van der Waals surface area contributed by atoms with Crippen LogP contribution in [0.25, 0.3) is 5.76 Å². The summed E-state index contributed by atoms with van der Waals surface area (Å²) in [6.45, 7) is 9.99. The monoisotopic (exact) mass is 480 g/mol. The van der Waals surface area contributed by atoms with Crippen LogP contribution in [0.15, 0.2) is 48.0 Å². The van der Waals surface area contributed by atoms with Crippen LogP contribution in [0.5, 0.6) is 17.2 Å². The lowest BCUT2D eigenvalue weighted by Gasteiger charge is -2.28. The summed E-state index contributed by atoms with van der Waals surface area (Å²) in [5, 5.41) is 11.3. The van der Waals surface area contributed by atoms with E-state index in [4.69, 9.17) is 14.2 Å². The number of Topliss-reactive ketones (excluding diaryl/α,β-unsaturated/α-hetero) is 1. The average Bonchev–Trinajstić information content (AvgIpc) is 3.14. The van der Waals surface area contributed by atoms with Crippen LogP contribution in [0.3, 0.4) is 0 Å². The Balaban J connectivity index is 1.79. The number of nitrogens with zero attached hydrogens (tertiary/aromatic N) is 2. The normalized spacial score (nSPS) is 18.9. The molecule has 35 heavy (non-hydrogen) atoms. The van der Waals surface area contributed by atoms with E-state index in [9.17, 15) is 14.7 Å². The summed E-state index contributed by atoms with van der Waals surface area (Å²) < 4.78 is 16.9. The van der Waals surface area contributed by atoms with E-state index in [-0.39, 0.29) is 11.3 Å². The molecule has 2 heterocycles. The molecule has 0 aliphatic carbocycles. The smallest absolute Gasteiger partial charge is 0.295 e. The summed E-state index contributed by atoms with van der Waals surface area (Å²) in [4.78, 5) is 30.2. The first kappa shape index (κ1) is 24.6. The number of ether oxygens (including phenoxy) is 3. The van der Waals surface area contributed by atoms with Gasteiger partial charge in [-0.25, -0.2) is 0 Å². The zero-order chi connectivity index (χ0) is 24.9. The lowest BCUT2D eigenvalue weighted by atomic mass is 9.95. The topological polar surface area (TPSA) is 88.5 Å². The van der Waals surface area contributed by atoms with Crippen LogP contribution in [0, 0.1) is 0 Å². The number of carbonyl (C=O) groups is 2. The van der Waals surface area contributed by atoms with Crippen LogP contribution in [0.4, 0.5) is 0 Å². The minimum absolute atomic E-state index is 0.0554. The molecule has 1 fully saturated rings. The molecular formula is C27H32N2O6. The van der Waals surface area contributed by atoms with Crippen molar-refractivity contribution in [3.63, 3.8) is 0 Å². The van der Waals surface area contributed by atoms with Gasteiger partial charge in [-0.1, -0.05) is 26.0 Å². The highest BCUT2D eigenvalue weighted by atomic mass is 16.6. The van der Waals surface area contributed by atoms with Crippen molar-refractivity contribution in [3.8, 4) is 17.2 Å². The number of amides is 1. The number of fused-ring (bicyclic) bond motifs is 1. The molecule has 1 unspecified atom stereocenters. The Labute approximate surface area is 205 Å². The van der Waals surface area contributed by atoms with Crippen molar-refractivity contribution in [2.24, 2.45) is 0 Å². The van der Waals surface area contributed by atoms with E-state index in [1.807, 2.05) is 31.2 Å². The lowest BCUT2D eigenvalue weighted by molar-refractivity contribution is -0.140. The summed E-state index contributed by atoms with van der Waals surface area (Å²) in [6, 6.07) is 11.6. The number of aliphatic hydroxyl groups excluding tert-OH is 1. The molecule has 0 saturated carbocycles. The second kappa shape index (κ2) is 10.8. The molecule has 186 valence electrons. The van der Waals surface area contributed by atoms with Gasteiger partial charge in [0.15, 0.2) is 11.5 Å². The molecule has 0 aromatic heterocycles. The van der Waals surface area contributed by atoms with E-state index in [0.717, 1.165) is 13.1 Å². The fraction of sp³-hybridized carbons (Fsp3) is 0.407. The number of benzene rings is 2. The summed E-state index contributed by atoms with van der Waals surface area (Å²) >= 11 is 0. The van der Waals surface area contributed by atoms with Gasteiger partial charge in [-0.05, 0) is 55.9 Å². The van der Waals surface area contributed by atoms with E-state index < -0.39 is 17.7 Å². The van der Waals surface area contributed by atoms with E-state index >= 15 is 0 Å². The first-order valence-corrected chi connectivity index (χ1v) is 12.1. The van der Waals surface area contributed by atoms with Gasteiger partial charge in [-0.2, -0.15) is 0 Å². The van der Waals surface area contributed by atoms with Crippen molar-refractivity contribution in [2.45, 2.75) is 26.8 Å². The van der Waals surface area contributed by atoms with E-state index in [0.29, 0.717) is 61.3 Å². The summed E-state index contributed by atoms with van der Waals surface area (Å²) in [7, 11) is 0. The van der Waals surface area contributed by atoms with Gasteiger partial charge in [0.05, 0.1) is 18.2 Å². The third kappa shape index (κ3) is 4.98. The Morgan fingerprint density at radius 3 is 2.51 bits per heavy atom. The van der Waals surface area contributed by atoms with Gasteiger partial charge >= 0.3 is 0 Å². The molecule has 2 aromatic rings. The van der Waals surface area contributed by atoms with E-state index in [1.165, 1.54) is 0 Å². The molecule has 1 N–H and O–H groups in total. The predicted octanol–water partition coefficient (Wildman–Crippen LogP) is 3.62. The van der Waals surface area contributed by atoms with E-state index in [1.54, 1.807) is 23.1 Å². The highest BCUT2D eigenvalue weighted by Gasteiger charge is 2.46. The Kier molecular flexibility index (Phi) is 7.60. The van der Waals surface area contributed by atoms with Crippen molar-refractivity contribution in [1.82, 2.24) is 9.80 Å². The molecule has 4 rings (SSSR count). The summed E-state index contributed by atoms with van der Waals surface area (Å²) in [6.07, 6.45) is 0. The second-order valence-corrected chi connectivity index (χ2v) is 8.38. The maximum absolute atomic E-state index is 13.3. The standard InChI is InChI=1S/C27H32N2O6/c1-4-28(5-2)12-13-29-24(18-8-7-9-20(16-18)33-6-3)23(26(31)27(29)32)25(30)19-10-11-21-22(17-19)35-15-14-34-21/h7-11,16-17,24,30H,4-6,12-15H2,1-3H3/b25-23-. The molecule has 0 spiro atoms. The number of likely N-dealkylation sites (tertiary alicyclic amines) is 1. The molecule has 0 radical (unpaired) electrons. The fourth-order valence-corrected chi connectivity index (χ4v) is 4.53. The van der Waals surface area contributed by atoms with Crippen molar-refractivity contribution in [1.29, 1.82) is 0 Å². The average molecular weight is 481 g/mol. The van der Waals surface area contributed by atoms with Gasteiger partial charge in [-0.15, -0.1) is 0 Å². The zero-order valence-corrected chi connectivity index (χ0v) is 20.5. The number of carbonyl (C=O) groups excluding carboxylic acids is 2. The van der Waals surface area contributed by atoms with Crippen LogP contribution in [-0.2, 0) is 9.59 Å². The molecule has 1 amide bonds. The second-order valence-electron chi connectivity index (χ2n) is 8.38. The summed E-state index contributed by atoms with van der Waals surface area (Å²) in [5.41, 5.74) is 1.15. The molecule has 1 atom stereocenters. The fourth-order valence-electron chi connectivity index (χ4n) is 4.53. The minimum Gasteiger partial charge on any atom is -0.507 e. The van der Waals surface area contributed by atoms with Gasteiger partial charge in [0.1, 0.15) is 24.7 Å².